The quantitative estimate of drug-likeness (QED) is 0.699. The molecule has 0 aromatic carbocycles. The SMILES string of the molecule is CCCN(CCS(=O)(=O)C(C)C)C1(CN)CCCCCC1. The normalized spacial score (nSPS) is 19.9. The van der Waals surface area contributed by atoms with Crippen LogP contribution in [-0.4, -0.2) is 49.5 Å². The highest BCUT2D eigenvalue weighted by Gasteiger charge is 2.35. The number of rotatable bonds is 8. The molecule has 0 radical (unpaired) electrons. The Bertz CT molecular complexity index is 385. The second-order valence-electron chi connectivity index (χ2n) is 6.75. The Morgan fingerprint density at radius 2 is 1.67 bits per heavy atom. The molecule has 0 bridgehead atoms. The van der Waals surface area contributed by atoms with Crippen LogP contribution in [0.3, 0.4) is 0 Å². The third-order valence-corrected chi connectivity index (χ3v) is 7.13. The Morgan fingerprint density at radius 3 is 2.10 bits per heavy atom. The summed E-state index contributed by atoms with van der Waals surface area (Å²) >= 11 is 0. The first-order chi connectivity index (χ1) is 9.88. The molecule has 4 nitrogen and oxygen atoms in total. The van der Waals surface area contributed by atoms with Gasteiger partial charge in [-0.15, -0.1) is 0 Å². The van der Waals surface area contributed by atoms with Gasteiger partial charge in [-0.1, -0.05) is 32.6 Å². The fourth-order valence-corrected chi connectivity index (χ4v) is 4.31. The van der Waals surface area contributed by atoms with Crippen LogP contribution in [0.25, 0.3) is 0 Å². The Hall–Kier alpha value is -0.130. The smallest absolute Gasteiger partial charge is 0.153 e. The van der Waals surface area contributed by atoms with Gasteiger partial charge >= 0.3 is 0 Å². The minimum Gasteiger partial charge on any atom is -0.329 e. The topological polar surface area (TPSA) is 63.4 Å². The van der Waals surface area contributed by atoms with Crippen molar-refractivity contribution in [1.29, 1.82) is 0 Å². The van der Waals surface area contributed by atoms with Crippen molar-refractivity contribution in [1.82, 2.24) is 4.90 Å². The molecule has 0 saturated heterocycles. The van der Waals surface area contributed by atoms with Gasteiger partial charge in [-0.05, 0) is 39.7 Å². The molecule has 1 rings (SSSR count). The van der Waals surface area contributed by atoms with Crippen LogP contribution in [0.5, 0.6) is 0 Å². The van der Waals surface area contributed by atoms with Crippen molar-refractivity contribution in [2.24, 2.45) is 5.73 Å². The first-order valence-corrected chi connectivity index (χ1v) is 10.3. The Kier molecular flexibility index (Phi) is 7.65. The summed E-state index contributed by atoms with van der Waals surface area (Å²) in [7, 11) is -2.98. The van der Waals surface area contributed by atoms with E-state index in [-0.39, 0.29) is 16.5 Å². The van der Waals surface area contributed by atoms with Gasteiger partial charge in [-0.2, -0.15) is 0 Å². The molecule has 0 unspecified atom stereocenters. The zero-order chi connectivity index (χ0) is 15.9. The number of sulfone groups is 1. The van der Waals surface area contributed by atoms with Gasteiger partial charge in [0.25, 0.3) is 0 Å². The molecule has 1 aliphatic carbocycles. The number of nitrogens with zero attached hydrogens (tertiary/aromatic N) is 1. The predicted molar refractivity (Wildman–Crippen MR) is 90.3 cm³/mol. The molecule has 0 aliphatic heterocycles. The minimum absolute atomic E-state index is 0.0268. The number of hydrogen-bond acceptors (Lipinski definition) is 4. The van der Waals surface area contributed by atoms with Crippen molar-refractivity contribution < 1.29 is 8.42 Å². The van der Waals surface area contributed by atoms with Crippen LogP contribution < -0.4 is 5.73 Å². The van der Waals surface area contributed by atoms with Gasteiger partial charge in [0.15, 0.2) is 9.84 Å². The summed E-state index contributed by atoms with van der Waals surface area (Å²) in [5.41, 5.74) is 6.17. The van der Waals surface area contributed by atoms with Gasteiger partial charge in [-0.3, -0.25) is 4.90 Å². The fourth-order valence-electron chi connectivity index (χ4n) is 3.37. The van der Waals surface area contributed by atoms with E-state index in [1.807, 2.05) is 0 Å². The van der Waals surface area contributed by atoms with E-state index in [0.717, 1.165) is 25.8 Å². The summed E-state index contributed by atoms with van der Waals surface area (Å²) in [5.74, 6) is 0.256. The van der Waals surface area contributed by atoms with Crippen LogP contribution >= 0.6 is 0 Å². The molecule has 0 spiro atoms. The molecule has 1 fully saturated rings. The average molecular weight is 319 g/mol. The van der Waals surface area contributed by atoms with E-state index in [4.69, 9.17) is 5.73 Å². The Labute approximate surface area is 131 Å². The highest BCUT2D eigenvalue weighted by Crippen LogP contribution is 2.32. The molecule has 0 heterocycles. The van der Waals surface area contributed by atoms with Gasteiger partial charge in [0, 0.05) is 18.6 Å². The number of nitrogens with two attached hydrogens (primary N) is 1. The van der Waals surface area contributed by atoms with E-state index in [2.05, 4.69) is 11.8 Å². The van der Waals surface area contributed by atoms with Gasteiger partial charge in [0.1, 0.15) is 0 Å². The first kappa shape index (κ1) is 18.9. The zero-order valence-electron chi connectivity index (χ0n) is 14.1. The van der Waals surface area contributed by atoms with Crippen LogP contribution in [0.2, 0.25) is 0 Å². The van der Waals surface area contributed by atoms with Crippen LogP contribution in [-0.2, 0) is 9.84 Å². The summed E-state index contributed by atoms with van der Waals surface area (Å²) in [6.45, 7) is 7.92. The molecule has 0 aromatic rings. The summed E-state index contributed by atoms with van der Waals surface area (Å²) in [6, 6.07) is 0. The lowest BCUT2D eigenvalue weighted by Crippen LogP contribution is -2.55. The van der Waals surface area contributed by atoms with Crippen molar-refractivity contribution in [3.8, 4) is 0 Å². The number of hydrogen-bond donors (Lipinski definition) is 1. The third-order valence-electron chi connectivity index (χ3n) is 4.94. The maximum Gasteiger partial charge on any atom is 0.153 e. The molecular formula is C16H34N2O2S. The van der Waals surface area contributed by atoms with E-state index < -0.39 is 9.84 Å². The molecule has 0 aromatic heterocycles. The Morgan fingerprint density at radius 1 is 1.10 bits per heavy atom. The lowest BCUT2D eigenvalue weighted by Gasteiger charge is -2.43. The van der Waals surface area contributed by atoms with Crippen LogP contribution in [0, 0.1) is 0 Å². The summed E-state index contributed by atoms with van der Waals surface area (Å²) in [5, 5.41) is -0.288. The molecule has 21 heavy (non-hydrogen) atoms. The van der Waals surface area contributed by atoms with Gasteiger partial charge < -0.3 is 5.73 Å². The third kappa shape index (κ3) is 5.22. The van der Waals surface area contributed by atoms with Crippen molar-refractivity contribution in [2.75, 3.05) is 25.4 Å². The second-order valence-corrected chi connectivity index (χ2v) is 9.42. The molecule has 126 valence electrons. The molecular weight excluding hydrogens is 284 g/mol. The fraction of sp³-hybridized carbons (Fsp3) is 1.00. The van der Waals surface area contributed by atoms with E-state index in [1.165, 1.54) is 25.7 Å². The van der Waals surface area contributed by atoms with E-state index in [1.54, 1.807) is 13.8 Å². The second kappa shape index (κ2) is 8.49. The summed E-state index contributed by atoms with van der Waals surface area (Å²) in [4.78, 5) is 2.39. The summed E-state index contributed by atoms with van der Waals surface area (Å²) in [6.07, 6.45) is 8.28. The van der Waals surface area contributed by atoms with Crippen LogP contribution in [0.1, 0.15) is 65.7 Å². The highest BCUT2D eigenvalue weighted by molar-refractivity contribution is 7.92. The van der Waals surface area contributed by atoms with Crippen LogP contribution in [0.15, 0.2) is 0 Å². The largest absolute Gasteiger partial charge is 0.329 e. The van der Waals surface area contributed by atoms with E-state index in [0.29, 0.717) is 13.1 Å². The van der Waals surface area contributed by atoms with Crippen molar-refractivity contribution in [3.05, 3.63) is 0 Å². The van der Waals surface area contributed by atoms with Crippen molar-refractivity contribution in [3.63, 3.8) is 0 Å². The lowest BCUT2D eigenvalue weighted by molar-refractivity contribution is 0.0843. The molecule has 0 amide bonds. The monoisotopic (exact) mass is 318 g/mol. The average Bonchev–Trinajstić information content (AvgIpc) is 2.69. The molecule has 1 saturated carbocycles. The minimum atomic E-state index is -2.98. The van der Waals surface area contributed by atoms with E-state index >= 15 is 0 Å². The summed E-state index contributed by atoms with van der Waals surface area (Å²) < 4.78 is 24.2. The molecule has 5 heteroatoms. The van der Waals surface area contributed by atoms with Crippen molar-refractivity contribution >= 4 is 9.84 Å². The molecule has 1 aliphatic rings. The standard InChI is InChI=1S/C16H34N2O2S/c1-4-11-18(12-13-21(19,20)15(2)3)16(14-17)9-7-5-6-8-10-16/h15H,4-14,17H2,1-3H3. The first-order valence-electron chi connectivity index (χ1n) is 8.54. The zero-order valence-corrected chi connectivity index (χ0v) is 14.9. The van der Waals surface area contributed by atoms with E-state index in [9.17, 15) is 8.42 Å². The maximum atomic E-state index is 12.1. The van der Waals surface area contributed by atoms with Gasteiger partial charge in [0.2, 0.25) is 0 Å². The maximum absolute atomic E-state index is 12.1. The molecule has 0 atom stereocenters. The lowest BCUT2D eigenvalue weighted by atomic mass is 9.88. The molecule has 2 N–H and O–H groups in total. The Balaban J connectivity index is 2.82. The highest BCUT2D eigenvalue weighted by atomic mass is 32.2. The van der Waals surface area contributed by atoms with Gasteiger partial charge in [-0.25, -0.2) is 8.42 Å². The van der Waals surface area contributed by atoms with Gasteiger partial charge in [0.05, 0.1) is 11.0 Å². The van der Waals surface area contributed by atoms with Crippen LogP contribution in [0.4, 0.5) is 0 Å². The predicted octanol–water partition coefficient (Wildman–Crippen LogP) is 2.57. The van der Waals surface area contributed by atoms with Crippen molar-refractivity contribution in [2.45, 2.75) is 76.5 Å².